The summed E-state index contributed by atoms with van der Waals surface area (Å²) in [4.78, 5) is 0. The van der Waals surface area contributed by atoms with E-state index in [0.29, 0.717) is 0 Å². The van der Waals surface area contributed by atoms with E-state index in [1.54, 1.807) is 11.8 Å². The van der Waals surface area contributed by atoms with E-state index in [1.165, 1.54) is 0 Å². The Balaban J connectivity index is 1.92. The first-order valence-corrected chi connectivity index (χ1v) is 6.84. The van der Waals surface area contributed by atoms with E-state index in [1.807, 2.05) is 29.3 Å². The molecule has 0 saturated carbocycles. The van der Waals surface area contributed by atoms with Crippen LogP contribution in [0.1, 0.15) is 5.56 Å². The van der Waals surface area contributed by atoms with Crippen LogP contribution >= 0.6 is 27.7 Å². The van der Waals surface area contributed by atoms with Crippen molar-refractivity contribution in [2.75, 3.05) is 0 Å². The molecule has 2 aliphatic rings. The highest BCUT2D eigenvalue weighted by Gasteiger charge is 2.31. The van der Waals surface area contributed by atoms with E-state index in [4.69, 9.17) is 0 Å². The lowest BCUT2D eigenvalue weighted by Gasteiger charge is -2.30. The van der Waals surface area contributed by atoms with Crippen molar-refractivity contribution in [2.45, 2.75) is 5.50 Å². The van der Waals surface area contributed by atoms with Gasteiger partial charge in [-0.3, -0.25) is 0 Å². The Labute approximate surface area is 112 Å². The maximum absolute atomic E-state index is 4.34. The second kappa shape index (κ2) is 4.23. The van der Waals surface area contributed by atoms with Crippen molar-refractivity contribution < 1.29 is 0 Å². The minimum absolute atomic E-state index is 0.0945. The maximum atomic E-state index is 4.34. The predicted molar refractivity (Wildman–Crippen MR) is 76.3 cm³/mol. The molecule has 86 valence electrons. The number of thioether (sulfide) groups is 1. The number of benzene rings is 1. The molecule has 0 aliphatic carbocycles. The largest absolute Gasteiger partial charge is 0.354 e. The zero-order valence-corrected chi connectivity index (χ0v) is 11.3. The Hall–Kier alpha value is -1.20. The molecule has 0 saturated heterocycles. The van der Waals surface area contributed by atoms with E-state index in [9.17, 15) is 0 Å². The lowest BCUT2D eigenvalue weighted by molar-refractivity contribution is 0.336. The summed E-state index contributed by atoms with van der Waals surface area (Å²) in [5.74, 6) is 0. The molecule has 5 heteroatoms. The molecule has 0 amide bonds. The smallest absolute Gasteiger partial charge is 0.175 e. The molecule has 0 radical (unpaired) electrons. The van der Waals surface area contributed by atoms with Crippen molar-refractivity contribution >= 4 is 37.3 Å². The summed E-state index contributed by atoms with van der Waals surface area (Å²) in [6.07, 6.45) is 2.02. The fourth-order valence-electron chi connectivity index (χ4n) is 1.80. The van der Waals surface area contributed by atoms with Gasteiger partial charge in [-0.2, -0.15) is 5.10 Å². The van der Waals surface area contributed by atoms with Crippen molar-refractivity contribution in [1.82, 2.24) is 10.3 Å². The van der Waals surface area contributed by atoms with Gasteiger partial charge in [0.2, 0.25) is 0 Å². The summed E-state index contributed by atoms with van der Waals surface area (Å²) in [5.41, 5.74) is 3.24. The van der Waals surface area contributed by atoms with Crippen molar-refractivity contribution in [2.24, 2.45) is 5.10 Å². The summed E-state index contributed by atoms with van der Waals surface area (Å²) in [6.45, 7) is 4.04. The van der Waals surface area contributed by atoms with Gasteiger partial charge in [-0.15, -0.1) is 0 Å². The summed E-state index contributed by atoms with van der Waals surface area (Å²) < 4.78 is 0.874. The standard InChI is InChI=1S/C12H10BrN3S/c1-8-7-10(9-5-3-2-4-6-9)14-12-16(8)15-11(13)17-12/h2-7,12,14H,1H2. The average Bonchev–Trinajstić information content (AvgIpc) is 2.71. The second-order valence-corrected chi connectivity index (χ2v) is 6.07. The summed E-state index contributed by atoms with van der Waals surface area (Å²) in [5, 5.41) is 9.66. The van der Waals surface area contributed by atoms with E-state index < -0.39 is 0 Å². The normalized spacial score (nSPS) is 22.8. The number of halogens is 1. The number of hydrogen-bond acceptors (Lipinski definition) is 4. The minimum Gasteiger partial charge on any atom is -0.354 e. The number of allylic oxidation sites excluding steroid dienone is 1. The fraction of sp³-hybridized carbons (Fsp3) is 0.0833. The van der Waals surface area contributed by atoms with Crippen LogP contribution in [0.2, 0.25) is 0 Å². The molecule has 17 heavy (non-hydrogen) atoms. The van der Waals surface area contributed by atoms with Crippen molar-refractivity contribution in [3.8, 4) is 0 Å². The average molecular weight is 308 g/mol. The Bertz CT molecular complexity index is 524. The first kappa shape index (κ1) is 10.9. The highest BCUT2D eigenvalue weighted by atomic mass is 79.9. The van der Waals surface area contributed by atoms with Gasteiger partial charge in [0.1, 0.15) is 0 Å². The molecule has 1 atom stereocenters. The van der Waals surface area contributed by atoms with E-state index in [-0.39, 0.29) is 5.50 Å². The van der Waals surface area contributed by atoms with E-state index >= 15 is 0 Å². The van der Waals surface area contributed by atoms with Crippen LogP contribution in [0.15, 0.2) is 53.8 Å². The monoisotopic (exact) mass is 307 g/mol. The first-order valence-electron chi connectivity index (χ1n) is 5.16. The van der Waals surface area contributed by atoms with Gasteiger partial charge in [-0.25, -0.2) is 5.01 Å². The van der Waals surface area contributed by atoms with Crippen LogP contribution in [-0.2, 0) is 0 Å². The van der Waals surface area contributed by atoms with Gasteiger partial charge in [-0.1, -0.05) is 36.9 Å². The van der Waals surface area contributed by atoms with Gasteiger partial charge >= 0.3 is 0 Å². The Morgan fingerprint density at radius 3 is 2.88 bits per heavy atom. The highest BCUT2D eigenvalue weighted by molar-refractivity contribution is 9.22. The van der Waals surface area contributed by atoms with Crippen molar-refractivity contribution in [1.29, 1.82) is 0 Å². The van der Waals surface area contributed by atoms with E-state index in [0.717, 1.165) is 20.9 Å². The van der Waals surface area contributed by atoms with Gasteiger partial charge in [-0.05, 0) is 39.3 Å². The molecule has 0 aromatic heterocycles. The fourth-order valence-corrected chi connectivity index (χ4v) is 3.29. The third-order valence-electron chi connectivity index (χ3n) is 2.59. The SMILES string of the molecule is C=C1C=C(c2ccccc2)NC2SC(Br)=NN12. The van der Waals surface area contributed by atoms with E-state index in [2.05, 4.69) is 45.1 Å². The van der Waals surface area contributed by atoms with Gasteiger partial charge in [0.05, 0.1) is 5.70 Å². The van der Waals surface area contributed by atoms with Crippen LogP contribution in [-0.4, -0.2) is 14.5 Å². The Kier molecular flexibility index (Phi) is 2.72. The predicted octanol–water partition coefficient (Wildman–Crippen LogP) is 3.14. The molecule has 3 rings (SSSR count). The zero-order chi connectivity index (χ0) is 11.8. The van der Waals surface area contributed by atoms with Gasteiger partial charge in [0.25, 0.3) is 0 Å². The molecule has 2 heterocycles. The van der Waals surface area contributed by atoms with Crippen LogP contribution in [0.3, 0.4) is 0 Å². The zero-order valence-electron chi connectivity index (χ0n) is 8.93. The lowest BCUT2D eigenvalue weighted by atomic mass is 10.1. The quantitative estimate of drug-likeness (QED) is 0.864. The summed E-state index contributed by atoms with van der Waals surface area (Å²) in [7, 11) is 0. The van der Waals surface area contributed by atoms with Crippen LogP contribution in [0.25, 0.3) is 5.70 Å². The van der Waals surface area contributed by atoms with Crippen LogP contribution in [0.4, 0.5) is 0 Å². The molecule has 1 N–H and O–H groups in total. The lowest BCUT2D eigenvalue weighted by Crippen LogP contribution is -2.39. The number of fused-ring (bicyclic) bond motifs is 1. The molecular weight excluding hydrogens is 298 g/mol. The topological polar surface area (TPSA) is 27.6 Å². The minimum atomic E-state index is 0.0945. The number of rotatable bonds is 1. The number of hydrazone groups is 1. The van der Waals surface area contributed by atoms with Gasteiger partial charge in [0, 0.05) is 5.70 Å². The molecule has 1 aromatic rings. The number of hydrogen-bond donors (Lipinski definition) is 1. The molecule has 2 aliphatic heterocycles. The third-order valence-corrected chi connectivity index (χ3v) is 4.12. The maximum Gasteiger partial charge on any atom is 0.175 e. The van der Waals surface area contributed by atoms with Gasteiger partial charge < -0.3 is 5.32 Å². The van der Waals surface area contributed by atoms with Gasteiger partial charge in [0.15, 0.2) is 9.45 Å². The summed E-state index contributed by atoms with van der Waals surface area (Å²) >= 11 is 5.03. The molecule has 0 bridgehead atoms. The first-order chi connectivity index (χ1) is 8.24. The Morgan fingerprint density at radius 2 is 2.12 bits per heavy atom. The molecule has 0 fully saturated rings. The summed E-state index contributed by atoms with van der Waals surface area (Å²) in [6, 6.07) is 10.2. The highest BCUT2D eigenvalue weighted by Crippen LogP contribution is 2.35. The number of nitrogens with zero attached hydrogens (tertiary/aromatic N) is 2. The number of nitrogens with one attached hydrogen (secondary N) is 1. The molecule has 1 unspecified atom stereocenters. The van der Waals surface area contributed by atoms with Crippen LogP contribution in [0.5, 0.6) is 0 Å². The molecule has 3 nitrogen and oxygen atoms in total. The molecule has 0 spiro atoms. The van der Waals surface area contributed by atoms with Crippen LogP contribution < -0.4 is 5.32 Å². The van der Waals surface area contributed by atoms with Crippen LogP contribution in [0, 0.1) is 0 Å². The van der Waals surface area contributed by atoms with Crippen molar-refractivity contribution in [3.63, 3.8) is 0 Å². The van der Waals surface area contributed by atoms with Crippen molar-refractivity contribution in [3.05, 3.63) is 54.2 Å². The Morgan fingerprint density at radius 1 is 1.35 bits per heavy atom. The second-order valence-electron chi connectivity index (χ2n) is 3.73. The molecule has 1 aromatic carbocycles. The molecular formula is C12H10BrN3S. The third kappa shape index (κ3) is 2.00.